The van der Waals surface area contributed by atoms with Crippen molar-refractivity contribution in [3.05, 3.63) is 148 Å². The lowest BCUT2D eigenvalue weighted by atomic mass is 9.66. The molecule has 0 saturated heterocycles. The van der Waals surface area contributed by atoms with E-state index < -0.39 is 131 Å². The van der Waals surface area contributed by atoms with Gasteiger partial charge in [0.2, 0.25) is 46.0 Å². The van der Waals surface area contributed by atoms with Gasteiger partial charge in [-0.25, -0.2) is 0 Å². The van der Waals surface area contributed by atoms with Gasteiger partial charge in [-0.1, -0.05) is 66.7 Å². The van der Waals surface area contributed by atoms with E-state index in [1.54, 1.807) is 12.1 Å². The molecule has 13 rings (SSSR count). The fourth-order valence-corrected chi connectivity index (χ4v) is 10.5. The van der Waals surface area contributed by atoms with E-state index >= 15 is 0 Å². The van der Waals surface area contributed by atoms with Crippen molar-refractivity contribution in [2.24, 2.45) is 0 Å². The molecule has 17 nitrogen and oxygen atoms in total. The molecule has 1 atom stereocenters. The SMILES string of the molecule is [B]c1c(O)c(O)c2c3c1OOc1c(O)c(O)c4oc5c(O)c(O)c(O)c(O)c5c4c1N(c1ccc4c(c1)C1(c5ccccc5O4)c4ccccc4-c4ccccc41)C1=C3C(C=C(O)C(O)=C1O)O2. The smallest absolute Gasteiger partial charge is 0.248 e. The standard InChI is InChI=1S/C50H28BNO16/c51-32-37(56)41(60)48-31-28-27(65-48)16-24(53)35(54)38(57)33(28)52(34-29-30-36(55)39(58)40(59)42(61)47(30)66-46(29)43(62)44(63)49(34)68-67-45(31)32)17-13-14-26-23(15-17)50(22-11-5-6-12-25(22)64-26)20-9-3-1-7-18(20)19-8-2-4-10-21(19)50/h1-16,27,53-63H. The van der Waals surface area contributed by atoms with Crippen molar-refractivity contribution in [3.8, 4) is 85.9 Å². The molecule has 1 unspecified atom stereocenters. The maximum atomic E-state index is 12.5. The number of phenols is 8. The molecule has 0 amide bonds. The van der Waals surface area contributed by atoms with Crippen molar-refractivity contribution >= 4 is 52.2 Å². The highest BCUT2D eigenvalue weighted by molar-refractivity contribution is 6.37. The molecule has 3 aliphatic heterocycles. The molecule has 4 heterocycles. The van der Waals surface area contributed by atoms with Crippen LogP contribution in [-0.4, -0.2) is 70.1 Å². The van der Waals surface area contributed by atoms with E-state index in [9.17, 15) is 56.2 Å². The number of aliphatic hydroxyl groups is 3. The van der Waals surface area contributed by atoms with Crippen LogP contribution in [0.25, 0.3) is 38.6 Å². The highest BCUT2D eigenvalue weighted by atomic mass is 17.2. The molecule has 2 radical (unpaired) electrons. The summed E-state index contributed by atoms with van der Waals surface area (Å²) in [4.78, 5) is 12.9. The molecule has 11 N–H and O–H groups in total. The third kappa shape index (κ3) is 4.45. The van der Waals surface area contributed by atoms with E-state index in [1.807, 2.05) is 72.8 Å². The van der Waals surface area contributed by atoms with E-state index in [0.717, 1.165) is 38.8 Å². The first-order valence-corrected chi connectivity index (χ1v) is 20.6. The Morgan fingerprint density at radius 3 is 1.84 bits per heavy atom. The number of nitrogens with zero attached hydrogens (tertiary/aromatic N) is 1. The summed E-state index contributed by atoms with van der Waals surface area (Å²) in [5.74, 6) is -12.9. The Bertz CT molecular complexity index is 3770. The summed E-state index contributed by atoms with van der Waals surface area (Å²) >= 11 is 0. The summed E-state index contributed by atoms with van der Waals surface area (Å²) in [6, 6.07) is 28.0. The van der Waals surface area contributed by atoms with Gasteiger partial charge in [-0.15, -0.1) is 0 Å². The number of anilines is 2. The number of benzene rings is 7. The number of hydrogen-bond donors (Lipinski definition) is 11. The minimum atomic E-state index is -1.58. The molecule has 5 aliphatic rings. The second-order valence-electron chi connectivity index (χ2n) is 16.6. The van der Waals surface area contributed by atoms with E-state index in [4.69, 9.17) is 31.5 Å². The van der Waals surface area contributed by atoms with E-state index in [0.29, 0.717) is 17.1 Å². The number of ether oxygens (including phenoxy) is 2. The zero-order valence-corrected chi connectivity index (χ0v) is 34.3. The van der Waals surface area contributed by atoms with Crippen LogP contribution in [0.5, 0.6) is 74.7 Å². The maximum Gasteiger partial charge on any atom is 0.248 e. The van der Waals surface area contributed by atoms with Gasteiger partial charge < -0.3 is 75.0 Å². The molecule has 0 saturated carbocycles. The van der Waals surface area contributed by atoms with Crippen molar-refractivity contribution < 1.29 is 79.8 Å². The van der Waals surface area contributed by atoms with Crippen LogP contribution in [0.3, 0.4) is 0 Å². The van der Waals surface area contributed by atoms with Crippen LogP contribution in [0.15, 0.2) is 124 Å². The number of rotatable bonds is 1. The summed E-state index contributed by atoms with van der Waals surface area (Å²) < 4.78 is 18.7. The van der Waals surface area contributed by atoms with Crippen LogP contribution in [0, 0.1) is 0 Å². The summed E-state index contributed by atoms with van der Waals surface area (Å²) in [6.07, 6.45) is -0.609. The topological polar surface area (TPSA) is 276 Å². The predicted molar refractivity (Wildman–Crippen MR) is 240 cm³/mol. The van der Waals surface area contributed by atoms with E-state index in [2.05, 4.69) is 0 Å². The fraction of sp³-hybridized carbons (Fsp3) is 0.0400. The van der Waals surface area contributed by atoms with Crippen molar-refractivity contribution in [1.29, 1.82) is 0 Å². The number of aliphatic hydroxyl groups excluding tert-OH is 3. The van der Waals surface area contributed by atoms with Crippen LogP contribution in [-0.2, 0) is 5.41 Å². The first-order chi connectivity index (χ1) is 32.7. The summed E-state index contributed by atoms with van der Waals surface area (Å²) in [6.45, 7) is 0. The third-order valence-corrected chi connectivity index (χ3v) is 13.3. The predicted octanol–water partition coefficient (Wildman–Crippen LogP) is 8.27. The molecule has 0 fully saturated rings. The number of furan rings is 1. The highest BCUT2D eigenvalue weighted by Gasteiger charge is 2.52. The van der Waals surface area contributed by atoms with Crippen molar-refractivity contribution in [2.45, 2.75) is 11.5 Å². The Morgan fingerprint density at radius 2 is 1.12 bits per heavy atom. The Labute approximate surface area is 381 Å². The number of hydrogen-bond acceptors (Lipinski definition) is 17. The molecule has 1 spiro atoms. The maximum absolute atomic E-state index is 12.5. The van der Waals surface area contributed by atoms with Gasteiger partial charge in [0.25, 0.3) is 0 Å². The summed E-state index contributed by atoms with van der Waals surface area (Å²) in [5.41, 5.74) is -0.0416. The number of para-hydroxylation sites is 1. The van der Waals surface area contributed by atoms with Gasteiger partial charge in [0, 0.05) is 28.5 Å². The van der Waals surface area contributed by atoms with E-state index in [1.165, 1.54) is 6.07 Å². The van der Waals surface area contributed by atoms with Crippen molar-refractivity contribution in [1.82, 2.24) is 0 Å². The average molecular weight is 910 g/mol. The first-order valence-electron chi connectivity index (χ1n) is 20.6. The summed E-state index contributed by atoms with van der Waals surface area (Å²) in [7, 11) is 6.37. The monoisotopic (exact) mass is 909 g/mol. The van der Waals surface area contributed by atoms with Crippen LogP contribution >= 0.6 is 0 Å². The molecule has 332 valence electrons. The quantitative estimate of drug-likeness (QED) is 0.0320. The van der Waals surface area contributed by atoms with Crippen LogP contribution in [0.1, 0.15) is 27.8 Å². The lowest BCUT2D eigenvalue weighted by Gasteiger charge is -2.40. The van der Waals surface area contributed by atoms with Gasteiger partial charge in [0.05, 0.1) is 21.8 Å². The van der Waals surface area contributed by atoms with Gasteiger partial charge in [-0.3, -0.25) is 9.78 Å². The Kier molecular flexibility index (Phi) is 7.32. The lowest BCUT2D eigenvalue weighted by Crippen LogP contribution is -2.32. The third-order valence-electron chi connectivity index (χ3n) is 13.3. The molecule has 2 aliphatic carbocycles. The zero-order valence-electron chi connectivity index (χ0n) is 34.3. The molecule has 1 aromatic heterocycles. The lowest BCUT2D eigenvalue weighted by molar-refractivity contribution is -0.100. The molecule has 7 aromatic carbocycles. The zero-order chi connectivity index (χ0) is 47.0. The molecule has 68 heavy (non-hydrogen) atoms. The second kappa shape index (κ2) is 12.8. The Balaban J connectivity index is 1.25. The number of phenolic OH excluding ortho intramolecular Hbond substituents is 8. The second-order valence-corrected chi connectivity index (χ2v) is 16.6. The molecular weight excluding hydrogens is 881 g/mol. The molecule has 0 bridgehead atoms. The minimum Gasteiger partial charge on any atom is -0.504 e. The van der Waals surface area contributed by atoms with Crippen molar-refractivity contribution in [3.63, 3.8) is 0 Å². The fourth-order valence-electron chi connectivity index (χ4n) is 10.5. The average Bonchev–Trinajstić information content (AvgIpc) is 4.01. The molecule has 18 heteroatoms. The van der Waals surface area contributed by atoms with Crippen molar-refractivity contribution in [2.75, 3.05) is 4.90 Å². The number of aromatic hydroxyl groups is 8. The van der Waals surface area contributed by atoms with Gasteiger partial charge in [0.15, 0.2) is 45.7 Å². The molecule has 8 aromatic rings. The van der Waals surface area contributed by atoms with Gasteiger partial charge in [-0.05, 0) is 52.0 Å². The van der Waals surface area contributed by atoms with E-state index in [-0.39, 0.29) is 16.8 Å². The Morgan fingerprint density at radius 1 is 0.529 bits per heavy atom. The highest BCUT2D eigenvalue weighted by Crippen LogP contribution is 2.66. The van der Waals surface area contributed by atoms with Crippen LogP contribution in [0.2, 0.25) is 0 Å². The van der Waals surface area contributed by atoms with Crippen LogP contribution in [0.4, 0.5) is 11.4 Å². The summed E-state index contributed by atoms with van der Waals surface area (Å²) in [5, 5.41) is 125. The van der Waals surface area contributed by atoms with Gasteiger partial charge >= 0.3 is 0 Å². The molecular formula is C50H28BNO16. The number of fused-ring (bicyclic) bond motifs is 14. The minimum absolute atomic E-state index is 0.000122. The Hall–Kier alpha value is -9.58. The van der Waals surface area contributed by atoms with Crippen LogP contribution < -0.4 is 29.6 Å². The van der Waals surface area contributed by atoms with Gasteiger partial charge in [0.1, 0.15) is 36.8 Å². The first kappa shape index (κ1) is 38.8. The van der Waals surface area contributed by atoms with Gasteiger partial charge in [-0.2, -0.15) is 0 Å². The largest absolute Gasteiger partial charge is 0.504 e. The normalized spacial score (nSPS) is 16.7.